The Kier molecular flexibility index (Phi) is 6.42. The van der Waals surface area contributed by atoms with Crippen molar-refractivity contribution in [2.75, 3.05) is 22.6 Å². The van der Waals surface area contributed by atoms with Crippen molar-refractivity contribution in [1.29, 1.82) is 0 Å². The van der Waals surface area contributed by atoms with Gasteiger partial charge >= 0.3 is 0 Å². The first kappa shape index (κ1) is 19.9. The number of nitrogens with zero attached hydrogens (tertiary/aromatic N) is 1. The molecule has 0 aliphatic heterocycles. The van der Waals surface area contributed by atoms with Crippen LogP contribution in [-0.4, -0.2) is 23.4 Å². The lowest BCUT2D eigenvalue weighted by Crippen LogP contribution is -2.14. The smallest absolute Gasteiger partial charge is 0.274 e. The van der Waals surface area contributed by atoms with Crippen molar-refractivity contribution in [1.82, 2.24) is 4.98 Å². The zero-order valence-corrected chi connectivity index (χ0v) is 16.2. The van der Waals surface area contributed by atoms with Crippen LogP contribution in [0.15, 0.2) is 66.9 Å². The molecule has 0 aliphatic carbocycles. The first-order valence-corrected chi connectivity index (χ1v) is 9.19. The maximum atomic E-state index is 12.6. The van der Waals surface area contributed by atoms with Gasteiger partial charge in [0.15, 0.2) is 0 Å². The van der Waals surface area contributed by atoms with Gasteiger partial charge in [-0.05, 0) is 49.4 Å². The van der Waals surface area contributed by atoms with Crippen molar-refractivity contribution in [2.24, 2.45) is 0 Å². The van der Waals surface area contributed by atoms with Crippen LogP contribution in [0, 0.1) is 0 Å². The fourth-order valence-corrected chi connectivity index (χ4v) is 2.71. The zero-order chi connectivity index (χ0) is 20.6. The molecule has 2 aromatic carbocycles. The molecule has 7 heteroatoms. The summed E-state index contributed by atoms with van der Waals surface area (Å²) in [5.41, 5.74) is 2.93. The van der Waals surface area contributed by atoms with Gasteiger partial charge in [-0.1, -0.05) is 18.2 Å². The number of carbonyl (C=O) groups is 2. The van der Waals surface area contributed by atoms with Gasteiger partial charge in [0, 0.05) is 30.2 Å². The van der Waals surface area contributed by atoms with Crippen molar-refractivity contribution in [2.45, 2.75) is 13.8 Å². The monoisotopic (exact) mass is 390 g/mol. The topological polar surface area (TPSA) is 92.3 Å². The molecule has 3 N–H and O–H groups in total. The third-order valence-electron chi connectivity index (χ3n) is 3.90. The molecule has 0 fully saturated rings. The number of pyridine rings is 1. The van der Waals surface area contributed by atoms with E-state index in [1.165, 1.54) is 6.92 Å². The number of ether oxygens (including phenoxy) is 1. The Balaban J connectivity index is 1.74. The van der Waals surface area contributed by atoms with Gasteiger partial charge in [0.2, 0.25) is 5.91 Å². The molecular formula is C22H22N4O3. The predicted molar refractivity (Wildman–Crippen MR) is 114 cm³/mol. The molecule has 1 heterocycles. The number of para-hydroxylation sites is 2. The fourth-order valence-electron chi connectivity index (χ4n) is 2.71. The minimum absolute atomic E-state index is 0.179. The average Bonchev–Trinajstić information content (AvgIpc) is 2.70. The summed E-state index contributed by atoms with van der Waals surface area (Å²) in [5, 5.41) is 8.73. The molecule has 2 amide bonds. The van der Waals surface area contributed by atoms with Gasteiger partial charge in [-0.25, -0.2) is 0 Å². The second-order valence-corrected chi connectivity index (χ2v) is 6.20. The van der Waals surface area contributed by atoms with Crippen LogP contribution in [0.3, 0.4) is 0 Å². The van der Waals surface area contributed by atoms with Crippen molar-refractivity contribution >= 4 is 34.6 Å². The number of rotatable bonds is 7. The van der Waals surface area contributed by atoms with Gasteiger partial charge in [0.05, 0.1) is 12.3 Å². The summed E-state index contributed by atoms with van der Waals surface area (Å²) in [5.74, 6) is 0.195. The lowest BCUT2D eigenvalue weighted by Gasteiger charge is -2.13. The van der Waals surface area contributed by atoms with E-state index >= 15 is 0 Å². The molecule has 0 atom stereocenters. The first-order chi connectivity index (χ1) is 14.0. The maximum absolute atomic E-state index is 12.6. The van der Waals surface area contributed by atoms with Crippen molar-refractivity contribution < 1.29 is 14.3 Å². The largest absolute Gasteiger partial charge is 0.492 e. The molecule has 0 bridgehead atoms. The van der Waals surface area contributed by atoms with E-state index in [-0.39, 0.29) is 17.5 Å². The lowest BCUT2D eigenvalue weighted by molar-refractivity contribution is -0.114. The number of benzene rings is 2. The molecule has 0 spiro atoms. The van der Waals surface area contributed by atoms with E-state index in [9.17, 15) is 9.59 Å². The minimum atomic E-state index is -0.355. The predicted octanol–water partition coefficient (Wildman–Crippen LogP) is 4.43. The maximum Gasteiger partial charge on any atom is 0.274 e. The number of hydrogen-bond acceptors (Lipinski definition) is 5. The quantitative estimate of drug-likeness (QED) is 0.555. The minimum Gasteiger partial charge on any atom is -0.492 e. The van der Waals surface area contributed by atoms with Gasteiger partial charge in [-0.15, -0.1) is 0 Å². The summed E-state index contributed by atoms with van der Waals surface area (Å²) in [4.78, 5) is 28.0. The van der Waals surface area contributed by atoms with Crippen molar-refractivity contribution in [3.63, 3.8) is 0 Å². The first-order valence-electron chi connectivity index (χ1n) is 9.19. The Bertz CT molecular complexity index is 1020. The van der Waals surface area contributed by atoms with Gasteiger partial charge < -0.3 is 20.7 Å². The highest BCUT2D eigenvalue weighted by atomic mass is 16.5. The molecule has 1 aromatic heterocycles. The van der Waals surface area contributed by atoms with Gasteiger partial charge in [0.25, 0.3) is 5.91 Å². The molecule has 7 nitrogen and oxygen atoms in total. The Morgan fingerprint density at radius 3 is 2.45 bits per heavy atom. The van der Waals surface area contributed by atoms with Gasteiger partial charge in [-0.3, -0.25) is 14.6 Å². The molecule has 0 aliphatic rings. The number of hydrogen-bond donors (Lipinski definition) is 3. The van der Waals surface area contributed by atoms with Crippen LogP contribution in [0.1, 0.15) is 24.3 Å². The lowest BCUT2D eigenvalue weighted by atomic mass is 10.2. The summed E-state index contributed by atoms with van der Waals surface area (Å²) in [6.07, 6.45) is 1.56. The van der Waals surface area contributed by atoms with Crippen LogP contribution in [0.2, 0.25) is 0 Å². The van der Waals surface area contributed by atoms with Crippen molar-refractivity contribution in [3.05, 3.63) is 72.6 Å². The molecule has 3 aromatic rings. The Hall–Kier alpha value is -3.87. The van der Waals surface area contributed by atoms with Crippen LogP contribution in [-0.2, 0) is 4.79 Å². The fraction of sp³-hybridized carbons (Fsp3) is 0.136. The van der Waals surface area contributed by atoms with E-state index in [1.807, 2.05) is 31.2 Å². The summed E-state index contributed by atoms with van der Waals surface area (Å²) in [6.45, 7) is 3.91. The standard InChI is InChI=1S/C22H22N4O3/c1-3-29-21-10-5-4-9-19(21)25-18-11-12-23-20(14-18)22(28)26-17-8-6-7-16(13-17)24-15(2)27/h4-14H,3H2,1-2H3,(H,23,25)(H,24,27)(H,26,28). The molecule has 148 valence electrons. The molecule has 0 saturated heterocycles. The number of anilines is 4. The van der Waals surface area contributed by atoms with Gasteiger partial charge in [-0.2, -0.15) is 0 Å². The van der Waals surface area contributed by atoms with Crippen LogP contribution < -0.4 is 20.7 Å². The number of carbonyl (C=O) groups excluding carboxylic acids is 2. The number of aromatic nitrogens is 1. The summed E-state index contributed by atoms with van der Waals surface area (Å²) in [7, 11) is 0. The number of amides is 2. The van der Waals surface area contributed by atoms with Crippen LogP contribution in [0.25, 0.3) is 0 Å². The number of nitrogens with one attached hydrogen (secondary N) is 3. The second-order valence-electron chi connectivity index (χ2n) is 6.20. The van der Waals surface area contributed by atoms with E-state index in [2.05, 4.69) is 20.9 Å². The molecule has 0 radical (unpaired) electrons. The SMILES string of the molecule is CCOc1ccccc1Nc1ccnc(C(=O)Nc2cccc(NC(C)=O)c2)c1. The van der Waals surface area contributed by atoms with E-state index in [0.717, 1.165) is 11.4 Å². The molecule has 0 saturated carbocycles. The van der Waals surface area contributed by atoms with E-state index in [4.69, 9.17) is 4.74 Å². The molecule has 29 heavy (non-hydrogen) atoms. The Morgan fingerprint density at radius 1 is 0.931 bits per heavy atom. The Labute approximate surface area is 169 Å². The van der Waals surface area contributed by atoms with E-state index in [0.29, 0.717) is 23.7 Å². The molecular weight excluding hydrogens is 368 g/mol. The molecule has 0 unspecified atom stereocenters. The zero-order valence-electron chi connectivity index (χ0n) is 16.2. The summed E-state index contributed by atoms with van der Waals surface area (Å²) in [6, 6.07) is 17.9. The molecule has 3 rings (SSSR count). The highest BCUT2D eigenvalue weighted by Crippen LogP contribution is 2.27. The third kappa shape index (κ3) is 5.55. The highest BCUT2D eigenvalue weighted by Gasteiger charge is 2.10. The van der Waals surface area contributed by atoms with E-state index in [1.54, 1.807) is 42.6 Å². The van der Waals surface area contributed by atoms with E-state index < -0.39 is 0 Å². The van der Waals surface area contributed by atoms with Crippen LogP contribution >= 0.6 is 0 Å². The second kappa shape index (κ2) is 9.36. The van der Waals surface area contributed by atoms with Crippen LogP contribution in [0.5, 0.6) is 5.75 Å². The van der Waals surface area contributed by atoms with Crippen LogP contribution in [0.4, 0.5) is 22.7 Å². The summed E-state index contributed by atoms with van der Waals surface area (Å²) < 4.78 is 5.62. The Morgan fingerprint density at radius 2 is 1.69 bits per heavy atom. The van der Waals surface area contributed by atoms with Gasteiger partial charge in [0.1, 0.15) is 11.4 Å². The van der Waals surface area contributed by atoms with Crippen molar-refractivity contribution in [3.8, 4) is 5.75 Å². The summed E-state index contributed by atoms with van der Waals surface area (Å²) >= 11 is 0. The highest BCUT2D eigenvalue weighted by molar-refractivity contribution is 6.04. The third-order valence-corrected chi connectivity index (χ3v) is 3.90. The normalized spacial score (nSPS) is 10.1. The average molecular weight is 390 g/mol.